The number of benzene rings is 1. The third-order valence-corrected chi connectivity index (χ3v) is 3.53. The minimum atomic E-state index is -0.200. The Kier molecular flexibility index (Phi) is 3.68. The summed E-state index contributed by atoms with van der Waals surface area (Å²) in [7, 11) is 0. The largest absolute Gasteiger partial charge is 0.486 e. The molecule has 0 spiro atoms. The summed E-state index contributed by atoms with van der Waals surface area (Å²) in [5.74, 6) is 1.05. The van der Waals surface area contributed by atoms with Crippen LogP contribution in [0, 0.1) is 0 Å². The Balaban J connectivity index is 1.63. The van der Waals surface area contributed by atoms with Crippen LogP contribution in [-0.4, -0.2) is 42.5 Å². The van der Waals surface area contributed by atoms with Crippen molar-refractivity contribution in [3.05, 3.63) is 18.2 Å². The summed E-state index contributed by atoms with van der Waals surface area (Å²) in [6, 6.07) is 5.50. The first-order valence-corrected chi connectivity index (χ1v) is 7.10. The maximum atomic E-state index is 12.1. The van der Waals surface area contributed by atoms with E-state index in [1.54, 1.807) is 23.1 Å². The zero-order valence-electron chi connectivity index (χ0n) is 11.9. The number of hydrogen-bond donors (Lipinski definition) is 1. The summed E-state index contributed by atoms with van der Waals surface area (Å²) in [6.07, 6.45) is 1.97. The number of amides is 2. The summed E-state index contributed by atoms with van der Waals surface area (Å²) in [5, 5.41) is 2.79. The van der Waals surface area contributed by atoms with E-state index in [0.717, 1.165) is 12.8 Å². The average molecular weight is 290 g/mol. The number of ether oxygens (including phenoxy) is 2. The summed E-state index contributed by atoms with van der Waals surface area (Å²) >= 11 is 0. The molecule has 1 heterocycles. The van der Waals surface area contributed by atoms with Gasteiger partial charge in [0.2, 0.25) is 11.8 Å². The van der Waals surface area contributed by atoms with Crippen LogP contribution >= 0.6 is 0 Å². The van der Waals surface area contributed by atoms with E-state index in [-0.39, 0.29) is 24.4 Å². The van der Waals surface area contributed by atoms with Crippen LogP contribution in [0.15, 0.2) is 18.2 Å². The Morgan fingerprint density at radius 1 is 1.24 bits per heavy atom. The Morgan fingerprint density at radius 3 is 2.62 bits per heavy atom. The maximum absolute atomic E-state index is 12.1. The molecule has 0 unspecified atom stereocenters. The second-order valence-electron chi connectivity index (χ2n) is 5.28. The lowest BCUT2D eigenvalue weighted by atomic mass is 10.2. The van der Waals surface area contributed by atoms with Crippen molar-refractivity contribution in [3.8, 4) is 11.5 Å². The first-order chi connectivity index (χ1) is 10.1. The third kappa shape index (κ3) is 3.26. The van der Waals surface area contributed by atoms with Gasteiger partial charge in [-0.05, 0) is 25.0 Å². The van der Waals surface area contributed by atoms with E-state index >= 15 is 0 Å². The predicted octanol–water partition coefficient (Wildman–Crippen LogP) is 1.41. The molecule has 0 radical (unpaired) electrons. The number of carbonyl (C=O) groups excluding carboxylic acids is 2. The first-order valence-electron chi connectivity index (χ1n) is 7.10. The molecule has 0 atom stereocenters. The van der Waals surface area contributed by atoms with Gasteiger partial charge in [0, 0.05) is 24.7 Å². The van der Waals surface area contributed by atoms with Crippen molar-refractivity contribution in [2.45, 2.75) is 25.8 Å². The molecule has 0 aromatic heterocycles. The van der Waals surface area contributed by atoms with Crippen molar-refractivity contribution < 1.29 is 19.1 Å². The van der Waals surface area contributed by atoms with Gasteiger partial charge in [0.05, 0.1) is 0 Å². The smallest absolute Gasteiger partial charge is 0.244 e. The molecule has 6 nitrogen and oxygen atoms in total. The third-order valence-electron chi connectivity index (χ3n) is 3.53. The van der Waals surface area contributed by atoms with Crippen LogP contribution in [0.4, 0.5) is 5.69 Å². The lowest BCUT2D eigenvalue weighted by molar-refractivity contribution is -0.133. The van der Waals surface area contributed by atoms with E-state index in [1.807, 2.05) is 0 Å². The molecule has 1 aliphatic carbocycles. The lowest BCUT2D eigenvalue weighted by Crippen LogP contribution is -2.38. The number of nitrogens with zero attached hydrogens (tertiary/aromatic N) is 1. The SMILES string of the molecule is CC(=O)N(CC(=O)Nc1ccc2c(c1)OCCO2)C1CC1. The highest BCUT2D eigenvalue weighted by Gasteiger charge is 2.32. The van der Waals surface area contributed by atoms with Crippen molar-refractivity contribution in [3.63, 3.8) is 0 Å². The molecule has 1 saturated carbocycles. The normalized spacial score (nSPS) is 16.2. The molecule has 112 valence electrons. The molecule has 2 amide bonds. The highest BCUT2D eigenvalue weighted by molar-refractivity contribution is 5.94. The molecule has 2 aliphatic rings. The number of rotatable bonds is 4. The van der Waals surface area contributed by atoms with Gasteiger partial charge in [-0.1, -0.05) is 0 Å². The average Bonchev–Trinajstić information content (AvgIpc) is 3.29. The summed E-state index contributed by atoms with van der Waals surface area (Å²) < 4.78 is 10.9. The molecular formula is C15H18N2O4. The number of nitrogens with one attached hydrogen (secondary N) is 1. The Hall–Kier alpha value is -2.24. The van der Waals surface area contributed by atoms with E-state index in [1.165, 1.54) is 6.92 Å². The second-order valence-corrected chi connectivity index (χ2v) is 5.28. The van der Waals surface area contributed by atoms with Gasteiger partial charge in [-0.3, -0.25) is 9.59 Å². The van der Waals surface area contributed by atoms with E-state index in [9.17, 15) is 9.59 Å². The van der Waals surface area contributed by atoms with Crippen molar-refractivity contribution in [1.29, 1.82) is 0 Å². The predicted molar refractivity (Wildman–Crippen MR) is 76.5 cm³/mol. The maximum Gasteiger partial charge on any atom is 0.244 e. The van der Waals surface area contributed by atoms with Crippen LogP contribution in [0.25, 0.3) is 0 Å². The zero-order valence-corrected chi connectivity index (χ0v) is 11.9. The van der Waals surface area contributed by atoms with Crippen LogP contribution in [0.5, 0.6) is 11.5 Å². The minimum absolute atomic E-state index is 0.0603. The molecule has 0 bridgehead atoms. The molecule has 3 rings (SSSR count). The van der Waals surface area contributed by atoms with Crippen LogP contribution in [0.2, 0.25) is 0 Å². The van der Waals surface area contributed by atoms with Crippen LogP contribution in [0.3, 0.4) is 0 Å². The topological polar surface area (TPSA) is 67.9 Å². The highest BCUT2D eigenvalue weighted by Crippen LogP contribution is 2.32. The van der Waals surface area contributed by atoms with Gasteiger partial charge in [0.1, 0.15) is 19.8 Å². The van der Waals surface area contributed by atoms with Gasteiger partial charge in [-0.2, -0.15) is 0 Å². The number of fused-ring (bicyclic) bond motifs is 1. The number of anilines is 1. The fourth-order valence-corrected chi connectivity index (χ4v) is 2.36. The van der Waals surface area contributed by atoms with E-state index in [4.69, 9.17) is 9.47 Å². The summed E-state index contributed by atoms with van der Waals surface area (Å²) in [5.41, 5.74) is 0.642. The Bertz CT molecular complexity index is 569. The fourth-order valence-electron chi connectivity index (χ4n) is 2.36. The van der Waals surface area contributed by atoms with Crippen molar-refractivity contribution in [2.24, 2.45) is 0 Å². The molecule has 1 aliphatic heterocycles. The minimum Gasteiger partial charge on any atom is -0.486 e. The molecule has 0 saturated heterocycles. The van der Waals surface area contributed by atoms with E-state index < -0.39 is 0 Å². The van der Waals surface area contributed by atoms with Crippen LogP contribution < -0.4 is 14.8 Å². The molecular weight excluding hydrogens is 272 g/mol. The van der Waals surface area contributed by atoms with Crippen molar-refractivity contribution >= 4 is 17.5 Å². The fraction of sp³-hybridized carbons (Fsp3) is 0.467. The van der Waals surface area contributed by atoms with Crippen LogP contribution in [0.1, 0.15) is 19.8 Å². The highest BCUT2D eigenvalue weighted by atomic mass is 16.6. The van der Waals surface area contributed by atoms with Gasteiger partial charge in [0.25, 0.3) is 0 Å². The molecule has 1 aromatic carbocycles. The van der Waals surface area contributed by atoms with E-state index in [2.05, 4.69) is 5.32 Å². The Morgan fingerprint density at radius 2 is 1.95 bits per heavy atom. The molecule has 1 aromatic rings. The standard InChI is InChI=1S/C15H18N2O4/c1-10(18)17(12-3-4-12)9-15(19)16-11-2-5-13-14(8-11)21-7-6-20-13/h2,5,8,12H,3-4,6-7,9H2,1H3,(H,16,19). The quantitative estimate of drug-likeness (QED) is 0.910. The van der Waals surface area contributed by atoms with Gasteiger partial charge in [-0.25, -0.2) is 0 Å². The monoisotopic (exact) mass is 290 g/mol. The van der Waals surface area contributed by atoms with Gasteiger partial charge < -0.3 is 19.7 Å². The molecule has 1 fully saturated rings. The van der Waals surface area contributed by atoms with Gasteiger partial charge in [0.15, 0.2) is 11.5 Å². The van der Waals surface area contributed by atoms with Crippen LogP contribution in [-0.2, 0) is 9.59 Å². The summed E-state index contributed by atoms with van der Waals surface area (Å²) in [6.45, 7) is 2.63. The zero-order chi connectivity index (χ0) is 14.8. The molecule has 1 N–H and O–H groups in total. The first kappa shape index (κ1) is 13.7. The van der Waals surface area contributed by atoms with Gasteiger partial charge >= 0.3 is 0 Å². The van der Waals surface area contributed by atoms with Crippen molar-refractivity contribution in [2.75, 3.05) is 25.1 Å². The molecule has 21 heavy (non-hydrogen) atoms. The van der Waals surface area contributed by atoms with Crippen molar-refractivity contribution in [1.82, 2.24) is 4.90 Å². The Labute approximate surface area is 123 Å². The second kappa shape index (κ2) is 5.63. The number of hydrogen-bond acceptors (Lipinski definition) is 4. The van der Waals surface area contributed by atoms with Gasteiger partial charge in [-0.15, -0.1) is 0 Å². The summed E-state index contributed by atoms with van der Waals surface area (Å²) in [4.78, 5) is 25.2. The number of carbonyl (C=O) groups is 2. The lowest BCUT2D eigenvalue weighted by Gasteiger charge is -2.21. The molecule has 6 heteroatoms. The van der Waals surface area contributed by atoms with E-state index in [0.29, 0.717) is 30.4 Å².